The van der Waals surface area contributed by atoms with Gasteiger partial charge >= 0.3 is 0 Å². The Balaban J connectivity index is 1.48. The van der Waals surface area contributed by atoms with Crippen molar-refractivity contribution in [3.05, 3.63) is 72.6 Å². The molecular formula is C20H21N3O3. The Morgan fingerprint density at radius 2 is 2.00 bits per heavy atom. The summed E-state index contributed by atoms with van der Waals surface area (Å²) in [5.74, 6) is 1.18. The highest BCUT2D eigenvalue weighted by atomic mass is 16.5. The number of para-hydroxylation sites is 1. The lowest BCUT2D eigenvalue weighted by Gasteiger charge is -2.11. The van der Waals surface area contributed by atoms with Crippen molar-refractivity contribution in [1.29, 1.82) is 0 Å². The second kappa shape index (κ2) is 8.71. The molecule has 0 aliphatic heterocycles. The molecule has 3 rings (SSSR count). The van der Waals surface area contributed by atoms with Crippen LogP contribution in [0.5, 0.6) is 11.5 Å². The minimum absolute atomic E-state index is 0.0464. The molecule has 0 spiro atoms. The third-order valence-corrected chi connectivity index (χ3v) is 3.72. The van der Waals surface area contributed by atoms with E-state index in [0.29, 0.717) is 30.3 Å². The van der Waals surface area contributed by atoms with E-state index in [-0.39, 0.29) is 12.5 Å². The zero-order valence-electron chi connectivity index (χ0n) is 14.6. The van der Waals surface area contributed by atoms with Crippen LogP contribution in [-0.2, 0) is 11.3 Å². The number of hydrogen-bond acceptors (Lipinski definition) is 4. The predicted molar refractivity (Wildman–Crippen MR) is 99.5 cm³/mol. The van der Waals surface area contributed by atoms with Crippen LogP contribution >= 0.6 is 0 Å². The lowest BCUT2D eigenvalue weighted by Crippen LogP contribution is -2.20. The summed E-state index contributed by atoms with van der Waals surface area (Å²) in [5, 5.41) is 6.94. The monoisotopic (exact) mass is 351 g/mol. The normalized spacial score (nSPS) is 10.3. The summed E-state index contributed by atoms with van der Waals surface area (Å²) in [7, 11) is 0. The maximum atomic E-state index is 12.1. The molecule has 1 aromatic heterocycles. The molecule has 0 saturated carbocycles. The Bertz CT molecular complexity index is 847. The molecule has 1 N–H and O–H groups in total. The first-order valence-electron chi connectivity index (χ1n) is 8.39. The number of anilines is 1. The molecule has 134 valence electrons. The van der Waals surface area contributed by atoms with E-state index < -0.39 is 0 Å². The molecule has 0 fully saturated rings. The third-order valence-electron chi connectivity index (χ3n) is 3.72. The van der Waals surface area contributed by atoms with Gasteiger partial charge in [-0.3, -0.25) is 9.48 Å². The van der Waals surface area contributed by atoms with Gasteiger partial charge < -0.3 is 14.8 Å². The van der Waals surface area contributed by atoms with Crippen molar-refractivity contribution in [1.82, 2.24) is 9.78 Å². The highest BCUT2D eigenvalue weighted by molar-refractivity contribution is 5.92. The van der Waals surface area contributed by atoms with E-state index in [9.17, 15) is 4.79 Å². The molecule has 3 aromatic rings. The van der Waals surface area contributed by atoms with Crippen LogP contribution in [0.1, 0.15) is 5.56 Å². The van der Waals surface area contributed by atoms with Crippen molar-refractivity contribution in [3.8, 4) is 11.5 Å². The molecule has 26 heavy (non-hydrogen) atoms. The van der Waals surface area contributed by atoms with Gasteiger partial charge in [-0.1, -0.05) is 24.3 Å². The van der Waals surface area contributed by atoms with E-state index in [0.717, 1.165) is 5.56 Å². The van der Waals surface area contributed by atoms with Gasteiger partial charge in [-0.15, -0.1) is 0 Å². The maximum absolute atomic E-state index is 12.1. The third kappa shape index (κ3) is 5.11. The highest BCUT2D eigenvalue weighted by Crippen LogP contribution is 2.18. The van der Waals surface area contributed by atoms with Gasteiger partial charge in [-0.05, 0) is 36.8 Å². The topological polar surface area (TPSA) is 65.4 Å². The molecular weight excluding hydrogens is 330 g/mol. The van der Waals surface area contributed by atoms with Crippen LogP contribution in [0, 0.1) is 6.92 Å². The van der Waals surface area contributed by atoms with Crippen LogP contribution in [0.25, 0.3) is 0 Å². The van der Waals surface area contributed by atoms with Crippen molar-refractivity contribution in [2.24, 2.45) is 0 Å². The van der Waals surface area contributed by atoms with Gasteiger partial charge in [0.15, 0.2) is 6.61 Å². The fourth-order valence-electron chi connectivity index (χ4n) is 2.41. The zero-order valence-corrected chi connectivity index (χ0v) is 14.6. The number of aromatic nitrogens is 2. The van der Waals surface area contributed by atoms with E-state index in [4.69, 9.17) is 9.47 Å². The van der Waals surface area contributed by atoms with E-state index in [2.05, 4.69) is 10.4 Å². The summed E-state index contributed by atoms with van der Waals surface area (Å²) < 4.78 is 13.1. The van der Waals surface area contributed by atoms with Crippen molar-refractivity contribution in [2.75, 3.05) is 18.5 Å². The second-order valence-electron chi connectivity index (χ2n) is 5.75. The number of benzene rings is 2. The number of nitrogens with one attached hydrogen (secondary N) is 1. The van der Waals surface area contributed by atoms with E-state index in [1.54, 1.807) is 16.9 Å². The minimum Gasteiger partial charge on any atom is -0.492 e. The fraction of sp³-hybridized carbons (Fsp3) is 0.200. The standard InChI is InChI=1S/C20H21N3O3/c1-16-6-2-3-9-19(16)26-15-20(24)22-17-7-4-8-18(14-17)25-13-12-23-11-5-10-21-23/h2-11,14H,12-13,15H2,1H3,(H,22,24). The number of carbonyl (C=O) groups is 1. The van der Waals surface area contributed by atoms with Crippen LogP contribution < -0.4 is 14.8 Å². The minimum atomic E-state index is -0.220. The van der Waals surface area contributed by atoms with Gasteiger partial charge in [0.05, 0.1) is 6.54 Å². The summed E-state index contributed by atoms with van der Waals surface area (Å²) in [6.07, 6.45) is 3.61. The van der Waals surface area contributed by atoms with E-state index in [1.165, 1.54) is 0 Å². The number of aryl methyl sites for hydroxylation is 1. The number of nitrogens with zero attached hydrogens (tertiary/aromatic N) is 2. The average Bonchev–Trinajstić information content (AvgIpc) is 3.15. The molecule has 2 aromatic carbocycles. The Kier molecular flexibility index (Phi) is 5.88. The average molecular weight is 351 g/mol. The number of ether oxygens (including phenoxy) is 2. The van der Waals surface area contributed by atoms with Crippen molar-refractivity contribution in [3.63, 3.8) is 0 Å². The molecule has 0 atom stereocenters. The summed E-state index contributed by atoms with van der Waals surface area (Å²) in [4.78, 5) is 12.1. The van der Waals surface area contributed by atoms with E-state index >= 15 is 0 Å². The predicted octanol–water partition coefficient (Wildman–Crippen LogP) is 3.29. The van der Waals surface area contributed by atoms with Gasteiger partial charge in [0.25, 0.3) is 5.91 Å². The number of carbonyl (C=O) groups excluding carboxylic acids is 1. The molecule has 1 heterocycles. The summed E-state index contributed by atoms with van der Waals surface area (Å²) >= 11 is 0. The Labute approximate surface area is 152 Å². The molecule has 6 heteroatoms. The summed E-state index contributed by atoms with van der Waals surface area (Å²) in [6.45, 7) is 3.05. The quantitative estimate of drug-likeness (QED) is 0.676. The molecule has 0 radical (unpaired) electrons. The maximum Gasteiger partial charge on any atom is 0.262 e. The van der Waals surface area contributed by atoms with E-state index in [1.807, 2.05) is 61.7 Å². The van der Waals surface area contributed by atoms with Gasteiger partial charge in [-0.2, -0.15) is 5.10 Å². The van der Waals surface area contributed by atoms with Crippen molar-refractivity contribution < 1.29 is 14.3 Å². The number of amides is 1. The van der Waals surface area contributed by atoms with Crippen LogP contribution in [0.3, 0.4) is 0 Å². The molecule has 0 unspecified atom stereocenters. The smallest absolute Gasteiger partial charge is 0.262 e. The Hall–Kier alpha value is -3.28. The lowest BCUT2D eigenvalue weighted by molar-refractivity contribution is -0.118. The van der Waals surface area contributed by atoms with Crippen LogP contribution in [0.4, 0.5) is 5.69 Å². The van der Waals surface area contributed by atoms with Crippen molar-refractivity contribution in [2.45, 2.75) is 13.5 Å². The highest BCUT2D eigenvalue weighted by Gasteiger charge is 2.06. The summed E-state index contributed by atoms with van der Waals surface area (Å²) in [5.41, 5.74) is 1.66. The van der Waals surface area contributed by atoms with Crippen molar-refractivity contribution >= 4 is 11.6 Å². The van der Waals surface area contributed by atoms with Gasteiger partial charge in [0.2, 0.25) is 0 Å². The van der Waals surface area contributed by atoms with Crippen LogP contribution in [0.15, 0.2) is 67.0 Å². The van der Waals surface area contributed by atoms with Gasteiger partial charge in [0, 0.05) is 24.1 Å². The number of rotatable bonds is 8. The lowest BCUT2D eigenvalue weighted by atomic mass is 10.2. The first-order chi connectivity index (χ1) is 12.7. The molecule has 1 amide bonds. The van der Waals surface area contributed by atoms with Crippen LogP contribution in [0.2, 0.25) is 0 Å². The molecule has 0 aliphatic rings. The first kappa shape index (κ1) is 17.5. The largest absolute Gasteiger partial charge is 0.492 e. The SMILES string of the molecule is Cc1ccccc1OCC(=O)Nc1cccc(OCCn2cccn2)c1. The number of hydrogen-bond donors (Lipinski definition) is 1. The molecule has 0 saturated heterocycles. The first-order valence-corrected chi connectivity index (χ1v) is 8.39. The Morgan fingerprint density at radius 3 is 2.81 bits per heavy atom. The molecule has 0 aliphatic carbocycles. The second-order valence-corrected chi connectivity index (χ2v) is 5.75. The van der Waals surface area contributed by atoms with Crippen LogP contribution in [-0.4, -0.2) is 28.9 Å². The molecule has 0 bridgehead atoms. The molecule has 6 nitrogen and oxygen atoms in total. The van der Waals surface area contributed by atoms with Gasteiger partial charge in [0.1, 0.15) is 18.1 Å². The Morgan fingerprint density at radius 1 is 1.12 bits per heavy atom. The summed E-state index contributed by atoms with van der Waals surface area (Å²) in [6, 6.07) is 16.7. The van der Waals surface area contributed by atoms with Gasteiger partial charge in [-0.25, -0.2) is 0 Å². The fourth-order valence-corrected chi connectivity index (χ4v) is 2.41. The zero-order chi connectivity index (χ0) is 18.2.